The molecule has 0 radical (unpaired) electrons. The van der Waals surface area contributed by atoms with Crippen molar-refractivity contribution < 1.29 is 9.53 Å². The monoisotopic (exact) mass is 385 g/mol. The number of fused-ring (bicyclic) bond motifs is 1. The first kappa shape index (κ1) is 18.0. The van der Waals surface area contributed by atoms with Gasteiger partial charge in [-0.3, -0.25) is 0 Å². The smallest absolute Gasteiger partial charge is 0.329 e. The van der Waals surface area contributed by atoms with Crippen LogP contribution < -0.4 is 10.2 Å². The fourth-order valence-corrected chi connectivity index (χ4v) is 4.12. The molecule has 25 heavy (non-hydrogen) atoms. The molecular weight excluding hydrogens is 366 g/mol. The molecule has 2 aliphatic heterocycles. The van der Waals surface area contributed by atoms with E-state index in [9.17, 15) is 4.79 Å². The lowest BCUT2D eigenvalue weighted by Crippen LogP contribution is -2.25. The highest BCUT2D eigenvalue weighted by Crippen LogP contribution is 2.34. The Kier molecular flexibility index (Phi) is 5.50. The number of hydrogen-bond donors (Lipinski definition) is 1. The molecule has 136 valence electrons. The number of hydrogen-bond acceptors (Lipinski definition) is 9. The van der Waals surface area contributed by atoms with Crippen LogP contribution in [-0.2, 0) is 16.1 Å². The van der Waals surface area contributed by atoms with Crippen LogP contribution in [0.5, 0.6) is 0 Å². The number of ether oxygens (including phenoxy) is 1. The largest absolute Gasteiger partial charge is 0.465 e. The minimum atomic E-state index is -0.372. The van der Waals surface area contributed by atoms with Crippen LogP contribution in [0.4, 0.5) is 5.13 Å². The van der Waals surface area contributed by atoms with Gasteiger partial charge in [0.1, 0.15) is 0 Å². The Morgan fingerprint density at radius 3 is 2.88 bits per heavy atom. The van der Waals surface area contributed by atoms with Crippen molar-refractivity contribution >= 4 is 34.8 Å². The molecule has 0 spiro atoms. The van der Waals surface area contributed by atoms with E-state index >= 15 is 0 Å². The lowest BCUT2D eigenvalue weighted by Gasteiger charge is -2.15. The van der Waals surface area contributed by atoms with Crippen molar-refractivity contribution in [1.82, 2.24) is 30.5 Å². The highest BCUT2D eigenvalue weighted by Gasteiger charge is 2.37. The first-order valence-electron chi connectivity index (χ1n) is 8.08. The molecule has 0 aromatic carbocycles. The van der Waals surface area contributed by atoms with Crippen molar-refractivity contribution in [2.45, 2.75) is 13.5 Å². The van der Waals surface area contributed by atoms with E-state index in [1.54, 1.807) is 24.5 Å². The van der Waals surface area contributed by atoms with Gasteiger partial charge in [0.15, 0.2) is 11.7 Å². The quantitative estimate of drug-likeness (QED) is 0.740. The number of tetrazole rings is 1. The number of nitrogens with zero attached hydrogens (tertiary/aromatic N) is 6. The van der Waals surface area contributed by atoms with Gasteiger partial charge >= 0.3 is 5.97 Å². The van der Waals surface area contributed by atoms with Gasteiger partial charge in [0.05, 0.1) is 17.7 Å². The molecule has 2 aliphatic rings. The number of carbonyl (C=O) groups excluding carboxylic acids is 1. The minimum absolute atomic E-state index is 0. The first-order chi connectivity index (χ1) is 11.7. The predicted molar refractivity (Wildman–Crippen MR) is 94.9 cm³/mol. The Labute approximate surface area is 155 Å². The number of halogens is 1. The Balaban J connectivity index is 0.00000182. The van der Waals surface area contributed by atoms with Gasteiger partial charge in [-0.05, 0) is 24.0 Å². The van der Waals surface area contributed by atoms with Crippen molar-refractivity contribution in [3.8, 4) is 10.7 Å². The first-order valence-corrected chi connectivity index (χ1v) is 8.90. The molecule has 2 unspecified atom stereocenters. The Bertz CT molecular complexity index is 724. The van der Waals surface area contributed by atoms with Crippen molar-refractivity contribution in [2.75, 3.05) is 37.7 Å². The maximum absolute atomic E-state index is 11.5. The summed E-state index contributed by atoms with van der Waals surface area (Å²) in [7, 11) is 0. The van der Waals surface area contributed by atoms with Crippen LogP contribution in [0.1, 0.15) is 6.92 Å². The highest BCUT2D eigenvalue weighted by atomic mass is 35.5. The third kappa shape index (κ3) is 3.75. The average Bonchev–Trinajstić information content (AvgIpc) is 3.30. The Hall–Kier alpha value is -1.78. The zero-order valence-electron chi connectivity index (χ0n) is 13.8. The maximum Gasteiger partial charge on any atom is 0.329 e. The number of esters is 1. The Morgan fingerprint density at radius 2 is 2.16 bits per heavy atom. The van der Waals surface area contributed by atoms with Crippen LogP contribution in [-0.4, -0.2) is 63.9 Å². The lowest BCUT2D eigenvalue weighted by molar-refractivity contribution is -0.144. The fourth-order valence-electron chi connectivity index (χ4n) is 3.26. The van der Waals surface area contributed by atoms with E-state index in [2.05, 4.69) is 30.6 Å². The topological polar surface area (TPSA) is 98.1 Å². The molecule has 11 heteroatoms. The molecule has 0 aliphatic carbocycles. The number of carbonyl (C=O) groups is 1. The van der Waals surface area contributed by atoms with Crippen LogP contribution in [0.15, 0.2) is 6.20 Å². The molecule has 2 atom stereocenters. The minimum Gasteiger partial charge on any atom is -0.465 e. The molecule has 2 aromatic rings. The summed E-state index contributed by atoms with van der Waals surface area (Å²) in [5.74, 6) is 1.56. The second-order valence-electron chi connectivity index (χ2n) is 6.04. The van der Waals surface area contributed by atoms with Crippen molar-refractivity contribution in [1.29, 1.82) is 0 Å². The summed E-state index contributed by atoms with van der Waals surface area (Å²) >= 11 is 1.56. The van der Waals surface area contributed by atoms with Crippen molar-refractivity contribution in [3.63, 3.8) is 0 Å². The molecule has 0 bridgehead atoms. The molecule has 0 amide bonds. The summed E-state index contributed by atoms with van der Waals surface area (Å²) in [5, 5.41) is 16.6. The van der Waals surface area contributed by atoms with Crippen LogP contribution in [0, 0.1) is 11.8 Å². The van der Waals surface area contributed by atoms with E-state index in [1.807, 2.05) is 0 Å². The third-order valence-corrected chi connectivity index (χ3v) is 5.46. The summed E-state index contributed by atoms with van der Waals surface area (Å²) in [4.78, 5) is 20.4. The maximum atomic E-state index is 11.5. The lowest BCUT2D eigenvalue weighted by atomic mass is 10.0. The Morgan fingerprint density at radius 1 is 1.40 bits per heavy atom. The van der Waals surface area contributed by atoms with E-state index in [-0.39, 0.29) is 24.9 Å². The van der Waals surface area contributed by atoms with E-state index in [4.69, 9.17) is 4.74 Å². The van der Waals surface area contributed by atoms with Gasteiger partial charge in [0.2, 0.25) is 5.82 Å². The molecule has 4 heterocycles. The van der Waals surface area contributed by atoms with Crippen LogP contribution in [0.25, 0.3) is 10.7 Å². The molecular formula is C14H20ClN7O2S. The summed E-state index contributed by atoms with van der Waals surface area (Å²) in [6.45, 7) is 6.37. The molecule has 2 saturated heterocycles. The van der Waals surface area contributed by atoms with Gasteiger partial charge in [0.25, 0.3) is 0 Å². The number of thiazole rings is 1. The molecule has 4 rings (SSSR count). The summed E-state index contributed by atoms with van der Waals surface area (Å²) in [6.07, 6.45) is 1.78. The molecule has 2 aromatic heterocycles. The predicted octanol–water partition coefficient (Wildman–Crippen LogP) is 0.437. The molecule has 2 fully saturated rings. The van der Waals surface area contributed by atoms with E-state index in [0.29, 0.717) is 12.4 Å². The average molecular weight is 386 g/mol. The standard InChI is InChI=1S/C14H19N7O2S.ClH/c1-2-23-12(22)8-21-18-13(17-19-21)11-5-16-14(24-11)20-6-9-3-15-4-10(9)7-20;/h5,9-10,15H,2-4,6-8H2,1H3;1H. The second kappa shape index (κ2) is 7.63. The SMILES string of the molecule is CCOC(=O)Cn1nnc(-c2cnc(N3CC4CNCC4C3)s2)n1.Cl. The van der Waals surface area contributed by atoms with Crippen LogP contribution in [0.2, 0.25) is 0 Å². The fraction of sp³-hybridized carbons (Fsp3) is 0.643. The summed E-state index contributed by atoms with van der Waals surface area (Å²) in [5.41, 5.74) is 0. The normalized spacial score (nSPS) is 21.9. The summed E-state index contributed by atoms with van der Waals surface area (Å²) < 4.78 is 4.88. The van der Waals surface area contributed by atoms with Gasteiger partial charge in [-0.15, -0.1) is 22.6 Å². The van der Waals surface area contributed by atoms with Gasteiger partial charge in [-0.25, -0.2) is 9.78 Å². The van der Waals surface area contributed by atoms with Gasteiger partial charge in [-0.2, -0.15) is 4.80 Å². The van der Waals surface area contributed by atoms with E-state index < -0.39 is 0 Å². The molecule has 1 N–H and O–H groups in total. The molecule has 9 nitrogen and oxygen atoms in total. The zero-order valence-corrected chi connectivity index (χ0v) is 15.4. The number of aromatic nitrogens is 5. The number of nitrogens with one attached hydrogen (secondary N) is 1. The van der Waals surface area contributed by atoms with Gasteiger partial charge in [0, 0.05) is 26.2 Å². The number of rotatable bonds is 5. The van der Waals surface area contributed by atoms with Crippen molar-refractivity contribution in [2.24, 2.45) is 11.8 Å². The zero-order chi connectivity index (χ0) is 16.5. The van der Waals surface area contributed by atoms with Gasteiger partial charge < -0.3 is 15.0 Å². The number of anilines is 1. The van der Waals surface area contributed by atoms with Gasteiger partial charge in [-0.1, -0.05) is 11.3 Å². The highest BCUT2D eigenvalue weighted by molar-refractivity contribution is 7.18. The third-order valence-electron chi connectivity index (χ3n) is 4.40. The van der Waals surface area contributed by atoms with E-state index in [0.717, 1.165) is 48.0 Å². The van der Waals surface area contributed by atoms with Crippen molar-refractivity contribution in [3.05, 3.63) is 6.20 Å². The second-order valence-corrected chi connectivity index (χ2v) is 7.05. The summed E-state index contributed by atoms with van der Waals surface area (Å²) in [6, 6.07) is 0. The van der Waals surface area contributed by atoms with E-state index in [1.165, 1.54) is 4.80 Å². The van der Waals surface area contributed by atoms with Crippen LogP contribution in [0.3, 0.4) is 0 Å². The molecule has 0 saturated carbocycles. The van der Waals surface area contributed by atoms with Crippen LogP contribution >= 0.6 is 23.7 Å².